The summed E-state index contributed by atoms with van der Waals surface area (Å²) in [4.78, 5) is 25.2. The molecule has 2 amide bonds. The summed E-state index contributed by atoms with van der Waals surface area (Å²) in [7, 11) is 0. The Labute approximate surface area is 126 Å². The molecule has 0 saturated carbocycles. The van der Waals surface area contributed by atoms with Crippen LogP contribution in [0.3, 0.4) is 0 Å². The second kappa shape index (κ2) is 5.99. The van der Waals surface area contributed by atoms with Crippen LogP contribution in [-0.2, 0) is 20.7 Å². The maximum absolute atomic E-state index is 13.1. The topological polar surface area (TPSA) is 72.6 Å². The highest BCUT2D eigenvalue weighted by Crippen LogP contribution is 2.20. The number of rotatable bonds is 3. The lowest BCUT2D eigenvalue weighted by Gasteiger charge is -2.38. The number of nitrogens with two attached hydrogens (primary N) is 1. The normalized spacial score (nSPS) is 22.1. The van der Waals surface area contributed by atoms with E-state index in [0.29, 0.717) is 12.1 Å². The number of amides is 2. The maximum atomic E-state index is 13.1. The molecule has 2 N–H and O–H groups in total. The van der Waals surface area contributed by atoms with Gasteiger partial charge in [0.25, 0.3) is 5.91 Å². The number of hydrogen-bond acceptors (Lipinski definition) is 3. The van der Waals surface area contributed by atoms with Crippen molar-refractivity contribution in [2.75, 3.05) is 19.7 Å². The zero-order valence-electron chi connectivity index (χ0n) is 11.6. The third-order valence-electron chi connectivity index (χ3n) is 3.49. The third kappa shape index (κ3) is 3.51. The standard InChI is InChI=1S/C14H16ClFN2O3/c1-14(13(17)20)8-18(4-5-21-14)12(19)7-9-2-3-11(16)10(15)6-9/h2-3,6H,4-5,7-8H2,1H3,(H2,17,20)/t14-/m1/s1. The van der Waals surface area contributed by atoms with E-state index in [9.17, 15) is 14.0 Å². The molecule has 114 valence electrons. The van der Waals surface area contributed by atoms with Gasteiger partial charge in [-0.15, -0.1) is 0 Å². The van der Waals surface area contributed by atoms with Crippen molar-refractivity contribution in [2.45, 2.75) is 18.9 Å². The summed E-state index contributed by atoms with van der Waals surface area (Å²) in [5, 5.41) is -0.0238. The smallest absolute Gasteiger partial charge is 0.251 e. The van der Waals surface area contributed by atoms with E-state index in [1.165, 1.54) is 23.1 Å². The van der Waals surface area contributed by atoms with Crippen molar-refractivity contribution < 1.29 is 18.7 Å². The average Bonchev–Trinajstić information content (AvgIpc) is 2.43. The summed E-state index contributed by atoms with van der Waals surface area (Å²) in [6, 6.07) is 4.15. The van der Waals surface area contributed by atoms with Crippen LogP contribution in [-0.4, -0.2) is 42.0 Å². The molecule has 21 heavy (non-hydrogen) atoms. The van der Waals surface area contributed by atoms with Gasteiger partial charge in [0.1, 0.15) is 5.82 Å². The molecule has 0 aromatic heterocycles. The lowest BCUT2D eigenvalue weighted by Crippen LogP contribution is -2.58. The zero-order chi connectivity index (χ0) is 15.6. The molecule has 1 aliphatic heterocycles. The van der Waals surface area contributed by atoms with Crippen LogP contribution in [0.4, 0.5) is 4.39 Å². The number of carbonyl (C=O) groups is 2. The van der Waals surface area contributed by atoms with Gasteiger partial charge in [-0.25, -0.2) is 4.39 Å². The Morgan fingerprint density at radius 1 is 1.52 bits per heavy atom. The number of carbonyl (C=O) groups excluding carboxylic acids is 2. The monoisotopic (exact) mass is 314 g/mol. The lowest BCUT2D eigenvalue weighted by molar-refractivity contribution is -0.160. The minimum Gasteiger partial charge on any atom is -0.367 e. The predicted molar refractivity (Wildman–Crippen MR) is 75.2 cm³/mol. The molecule has 7 heteroatoms. The summed E-state index contributed by atoms with van der Waals surface area (Å²) >= 11 is 5.69. The van der Waals surface area contributed by atoms with Gasteiger partial charge in [-0.2, -0.15) is 0 Å². The summed E-state index contributed by atoms with van der Waals surface area (Å²) in [6.45, 7) is 2.30. The number of morpholine rings is 1. The van der Waals surface area contributed by atoms with Crippen molar-refractivity contribution in [3.05, 3.63) is 34.6 Å². The van der Waals surface area contributed by atoms with Gasteiger partial charge >= 0.3 is 0 Å². The van der Waals surface area contributed by atoms with Gasteiger partial charge in [0.2, 0.25) is 5.91 Å². The first-order valence-electron chi connectivity index (χ1n) is 6.47. The molecule has 1 aromatic rings. The van der Waals surface area contributed by atoms with Crippen LogP contribution in [0.2, 0.25) is 5.02 Å². The molecule has 0 spiro atoms. The number of nitrogens with zero attached hydrogens (tertiary/aromatic N) is 1. The molecule has 0 aliphatic carbocycles. The van der Waals surface area contributed by atoms with Crippen LogP contribution < -0.4 is 5.73 Å². The molecular weight excluding hydrogens is 299 g/mol. The molecule has 1 aliphatic rings. The van der Waals surface area contributed by atoms with Crippen molar-refractivity contribution in [3.63, 3.8) is 0 Å². The summed E-state index contributed by atoms with van der Waals surface area (Å²) in [5.74, 6) is -1.32. The second-order valence-corrected chi connectivity index (χ2v) is 5.59. The molecule has 2 rings (SSSR count). The molecule has 5 nitrogen and oxygen atoms in total. The van der Waals surface area contributed by atoms with Crippen LogP contribution >= 0.6 is 11.6 Å². The minimum atomic E-state index is -1.17. The largest absolute Gasteiger partial charge is 0.367 e. The Kier molecular flexibility index (Phi) is 4.49. The number of hydrogen-bond donors (Lipinski definition) is 1. The van der Waals surface area contributed by atoms with E-state index >= 15 is 0 Å². The fraction of sp³-hybridized carbons (Fsp3) is 0.429. The molecule has 1 aromatic carbocycles. The average molecular weight is 315 g/mol. The highest BCUT2D eigenvalue weighted by molar-refractivity contribution is 6.30. The van der Waals surface area contributed by atoms with Crippen molar-refractivity contribution in [1.82, 2.24) is 4.90 Å². The second-order valence-electron chi connectivity index (χ2n) is 5.18. The van der Waals surface area contributed by atoms with Gasteiger partial charge in [-0.1, -0.05) is 17.7 Å². The van der Waals surface area contributed by atoms with Crippen LogP contribution in [0.1, 0.15) is 12.5 Å². The Bertz CT molecular complexity index is 581. The lowest BCUT2D eigenvalue weighted by atomic mass is 10.0. The molecular formula is C14H16ClFN2O3. The maximum Gasteiger partial charge on any atom is 0.251 e. The molecule has 1 atom stereocenters. The first kappa shape index (κ1) is 15.7. The minimum absolute atomic E-state index is 0.0238. The van der Waals surface area contributed by atoms with Crippen molar-refractivity contribution in [1.29, 1.82) is 0 Å². The summed E-state index contributed by atoms with van der Waals surface area (Å²) < 4.78 is 18.4. The fourth-order valence-electron chi connectivity index (χ4n) is 2.17. The van der Waals surface area contributed by atoms with E-state index in [2.05, 4.69) is 0 Å². The van der Waals surface area contributed by atoms with E-state index in [0.717, 1.165) is 0 Å². The van der Waals surface area contributed by atoms with E-state index in [-0.39, 0.29) is 30.5 Å². The summed E-state index contributed by atoms with van der Waals surface area (Å²) in [6.07, 6.45) is 0.0782. The number of ether oxygens (including phenoxy) is 1. The Morgan fingerprint density at radius 3 is 2.86 bits per heavy atom. The first-order chi connectivity index (χ1) is 9.82. The van der Waals surface area contributed by atoms with E-state index < -0.39 is 17.3 Å². The fourth-order valence-corrected chi connectivity index (χ4v) is 2.37. The van der Waals surface area contributed by atoms with Crippen LogP contribution in [0, 0.1) is 5.82 Å². The van der Waals surface area contributed by atoms with Gasteiger partial charge in [0, 0.05) is 6.54 Å². The third-order valence-corrected chi connectivity index (χ3v) is 3.78. The molecule has 1 heterocycles. The van der Waals surface area contributed by atoms with Gasteiger partial charge in [0.15, 0.2) is 5.60 Å². The Balaban J connectivity index is 2.06. The van der Waals surface area contributed by atoms with Crippen LogP contribution in [0.5, 0.6) is 0 Å². The quantitative estimate of drug-likeness (QED) is 0.909. The van der Waals surface area contributed by atoms with Gasteiger partial charge in [0.05, 0.1) is 24.6 Å². The molecule has 0 unspecified atom stereocenters. The molecule has 1 saturated heterocycles. The SMILES string of the molecule is C[C@]1(C(N)=O)CN(C(=O)Cc2ccc(F)c(Cl)c2)CCO1. The van der Waals surface area contributed by atoms with Gasteiger partial charge < -0.3 is 15.4 Å². The number of halogens is 2. The summed E-state index contributed by atoms with van der Waals surface area (Å²) in [5.41, 5.74) is 4.73. The highest BCUT2D eigenvalue weighted by atomic mass is 35.5. The zero-order valence-corrected chi connectivity index (χ0v) is 12.3. The predicted octanol–water partition coefficient (Wildman–Crippen LogP) is 1.12. The number of primary amides is 1. The van der Waals surface area contributed by atoms with Gasteiger partial charge in [-0.05, 0) is 24.6 Å². The van der Waals surface area contributed by atoms with Crippen molar-refractivity contribution in [3.8, 4) is 0 Å². The van der Waals surface area contributed by atoms with Crippen molar-refractivity contribution >= 4 is 23.4 Å². The number of benzene rings is 1. The van der Waals surface area contributed by atoms with E-state index in [1.807, 2.05) is 0 Å². The van der Waals surface area contributed by atoms with Crippen LogP contribution in [0.15, 0.2) is 18.2 Å². The van der Waals surface area contributed by atoms with Gasteiger partial charge in [-0.3, -0.25) is 9.59 Å². The Morgan fingerprint density at radius 2 is 2.24 bits per heavy atom. The highest BCUT2D eigenvalue weighted by Gasteiger charge is 2.39. The van der Waals surface area contributed by atoms with E-state index in [4.69, 9.17) is 22.1 Å². The Hall–Kier alpha value is -1.66. The first-order valence-corrected chi connectivity index (χ1v) is 6.85. The molecule has 0 bridgehead atoms. The molecule has 1 fully saturated rings. The van der Waals surface area contributed by atoms with E-state index in [1.54, 1.807) is 6.92 Å². The van der Waals surface area contributed by atoms with Crippen LogP contribution in [0.25, 0.3) is 0 Å². The van der Waals surface area contributed by atoms with Crippen molar-refractivity contribution in [2.24, 2.45) is 5.73 Å². The molecule has 0 radical (unpaired) electrons.